The predicted molar refractivity (Wildman–Crippen MR) is 84.2 cm³/mol. The highest BCUT2D eigenvalue weighted by Gasteiger charge is 2.14. The van der Waals surface area contributed by atoms with Gasteiger partial charge >= 0.3 is 0 Å². The van der Waals surface area contributed by atoms with Crippen LogP contribution in [-0.4, -0.2) is 26.8 Å². The van der Waals surface area contributed by atoms with Gasteiger partial charge in [0.05, 0.1) is 19.1 Å². The lowest BCUT2D eigenvalue weighted by Gasteiger charge is -2.15. The predicted octanol–water partition coefficient (Wildman–Crippen LogP) is 2.75. The van der Waals surface area contributed by atoms with Gasteiger partial charge in [-0.25, -0.2) is 8.42 Å². The van der Waals surface area contributed by atoms with Gasteiger partial charge in [0.2, 0.25) is 10.0 Å². The highest BCUT2D eigenvalue weighted by molar-refractivity contribution is 7.92. The summed E-state index contributed by atoms with van der Waals surface area (Å²) in [5, 5.41) is 0. The third-order valence-electron chi connectivity index (χ3n) is 3.17. The van der Waals surface area contributed by atoms with E-state index < -0.39 is 10.0 Å². The van der Waals surface area contributed by atoms with Crippen molar-refractivity contribution in [1.82, 2.24) is 4.98 Å². The van der Waals surface area contributed by atoms with Crippen molar-refractivity contribution in [2.45, 2.75) is 13.8 Å². The first-order valence-electron chi connectivity index (χ1n) is 6.39. The molecular formula is C15H18N2O3S. The number of nitrogens with one attached hydrogen (secondary N) is 1. The maximum absolute atomic E-state index is 11.4. The average Bonchev–Trinajstić information content (AvgIpc) is 2.40. The van der Waals surface area contributed by atoms with E-state index in [1.54, 1.807) is 25.6 Å². The Hall–Kier alpha value is -2.08. The molecule has 0 spiro atoms. The van der Waals surface area contributed by atoms with Crippen molar-refractivity contribution in [3.63, 3.8) is 0 Å². The van der Waals surface area contributed by atoms with Crippen LogP contribution >= 0.6 is 0 Å². The Bertz CT molecular complexity index is 770. The number of anilines is 1. The third kappa shape index (κ3) is 3.52. The van der Waals surface area contributed by atoms with Crippen molar-refractivity contribution in [3.8, 4) is 16.9 Å². The minimum Gasteiger partial charge on any atom is -0.496 e. The van der Waals surface area contributed by atoms with Gasteiger partial charge in [-0.05, 0) is 37.1 Å². The number of aryl methyl sites for hydroxylation is 2. The Morgan fingerprint density at radius 3 is 2.43 bits per heavy atom. The molecule has 0 aliphatic carbocycles. The van der Waals surface area contributed by atoms with E-state index in [1.807, 2.05) is 26.0 Å². The van der Waals surface area contributed by atoms with Crippen molar-refractivity contribution in [1.29, 1.82) is 0 Å². The molecule has 2 rings (SSSR count). The number of hydrogen-bond donors (Lipinski definition) is 1. The molecule has 0 aliphatic heterocycles. The van der Waals surface area contributed by atoms with Gasteiger partial charge < -0.3 is 4.74 Å². The van der Waals surface area contributed by atoms with E-state index in [0.717, 1.165) is 28.5 Å². The van der Waals surface area contributed by atoms with Gasteiger partial charge in [0.1, 0.15) is 5.75 Å². The van der Waals surface area contributed by atoms with Crippen LogP contribution in [0.25, 0.3) is 11.1 Å². The summed E-state index contributed by atoms with van der Waals surface area (Å²) in [5.41, 5.74) is 4.26. The van der Waals surface area contributed by atoms with Crippen LogP contribution in [-0.2, 0) is 10.0 Å². The second-order valence-corrected chi connectivity index (χ2v) is 6.68. The van der Waals surface area contributed by atoms with Crippen LogP contribution in [0.2, 0.25) is 0 Å². The van der Waals surface area contributed by atoms with Crippen molar-refractivity contribution >= 4 is 15.7 Å². The third-order valence-corrected chi connectivity index (χ3v) is 3.76. The number of hydrogen-bond acceptors (Lipinski definition) is 4. The Kier molecular flexibility index (Phi) is 4.18. The first-order valence-corrected chi connectivity index (χ1v) is 8.28. The normalized spacial score (nSPS) is 11.2. The van der Waals surface area contributed by atoms with E-state index in [1.165, 1.54) is 0 Å². The molecule has 0 aliphatic rings. The van der Waals surface area contributed by atoms with E-state index in [2.05, 4.69) is 9.71 Å². The zero-order chi connectivity index (χ0) is 15.6. The van der Waals surface area contributed by atoms with Crippen LogP contribution in [0.4, 0.5) is 5.69 Å². The molecule has 0 radical (unpaired) electrons. The minimum atomic E-state index is -3.33. The van der Waals surface area contributed by atoms with E-state index >= 15 is 0 Å². The van der Waals surface area contributed by atoms with Crippen LogP contribution in [0.1, 0.15) is 11.1 Å². The summed E-state index contributed by atoms with van der Waals surface area (Å²) in [7, 11) is -1.77. The quantitative estimate of drug-likeness (QED) is 0.943. The Morgan fingerprint density at radius 2 is 1.86 bits per heavy atom. The summed E-state index contributed by atoms with van der Waals surface area (Å²) in [6.07, 6.45) is 4.63. The number of methoxy groups -OCH3 is 1. The first-order chi connectivity index (χ1) is 9.81. The standard InChI is InChI=1S/C15H18N2O3S/c1-10-5-6-16-9-13(10)12-7-11(2)14(8-15(12)20-3)17-21(4,18)19/h5-9,17H,1-4H3. The molecular weight excluding hydrogens is 288 g/mol. The van der Waals surface area contributed by atoms with Gasteiger partial charge in [0, 0.05) is 29.6 Å². The minimum absolute atomic E-state index is 0.514. The van der Waals surface area contributed by atoms with Gasteiger partial charge in [-0.2, -0.15) is 0 Å². The maximum Gasteiger partial charge on any atom is 0.229 e. The Labute approximate surface area is 125 Å². The van der Waals surface area contributed by atoms with E-state index in [-0.39, 0.29) is 0 Å². The molecule has 0 atom stereocenters. The number of sulfonamides is 1. The largest absolute Gasteiger partial charge is 0.496 e. The molecule has 1 aromatic heterocycles. The monoisotopic (exact) mass is 306 g/mol. The lowest BCUT2D eigenvalue weighted by atomic mass is 9.99. The van der Waals surface area contributed by atoms with Crippen LogP contribution in [0.3, 0.4) is 0 Å². The molecule has 2 aromatic rings. The lowest BCUT2D eigenvalue weighted by Crippen LogP contribution is -2.11. The molecule has 5 nitrogen and oxygen atoms in total. The summed E-state index contributed by atoms with van der Waals surface area (Å²) in [4.78, 5) is 4.14. The molecule has 0 unspecified atom stereocenters. The van der Waals surface area contributed by atoms with Crippen molar-refractivity contribution in [2.24, 2.45) is 0 Å². The zero-order valence-corrected chi connectivity index (χ0v) is 13.3. The second kappa shape index (κ2) is 5.73. The highest BCUT2D eigenvalue weighted by atomic mass is 32.2. The number of benzene rings is 1. The highest BCUT2D eigenvalue weighted by Crippen LogP contribution is 2.36. The lowest BCUT2D eigenvalue weighted by molar-refractivity contribution is 0.416. The van der Waals surface area contributed by atoms with Crippen LogP contribution in [0.5, 0.6) is 5.75 Å². The van der Waals surface area contributed by atoms with Crippen LogP contribution in [0.15, 0.2) is 30.6 Å². The van der Waals surface area contributed by atoms with E-state index in [4.69, 9.17) is 4.74 Å². The average molecular weight is 306 g/mol. The SMILES string of the molecule is COc1cc(NS(C)(=O)=O)c(C)cc1-c1cnccc1C. The molecule has 1 heterocycles. The number of rotatable bonds is 4. The number of nitrogens with zero attached hydrogens (tertiary/aromatic N) is 1. The van der Waals surface area contributed by atoms with Crippen molar-refractivity contribution in [3.05, 3.63) is 41.7 Å². The Balaban J connectivity index is 2.60. The fraction of sp³-hybridized carbons (Fsp3) is 0.267. The van der Waals surface area contributed by atoms with Crippen molar-refractivity contribution < 1.29 is 13.2 Å². The molecule has 0 amide bonds. The van der Waals surface area contributed by atoms with Gasteiger partial charge in [0.15, 0.2) is 0 Å². The number of pyridine rings is 1. The van der Waals surface area contributed by atoms with E-state index in [9.17, 15) is 8.42 Å². The summed E-state index contributed by atoms with van der Waals surface area (Å²) in [6, 6.07) is 5.52. The van der Waals surface area contributed by atoms with Gasteiger partial charge in [-0.3, -0.25) is 9.71 Å². The molecule has 0 saturated carbocycles. The van der Waals surface area contributed by atoms with Crippen LogP contribution < -0.4 is 9.46 Å². The van der Waals surface area contributed by atoms with E-state index in [0.29, 0.717) is 11.4 Å². The van der Waals surface area contributed by atoms with Crippen molar-refractivity contribution in [2.75, 3.05) is 18.1 Å². The summed E-state index contributed by atoms with van der Waals surface area (Å²) in [6.45, 7) is 3.84. The molecule has 21 heavy (non-hydrogen) atoms. The smallest absolute Gasteiger partial charge is 0.229 e. The molecule has 1 aromatic carbocycles. The summed E-state index contributed by atoms with van der Waals surface area (Å²) in [5.74, 6) is 0.600. The zero-order valence-electron chi connectivity index (χ0n) is 12.5. The fourth-order valence-corrected chi connectivity index (χ4v) is 2.74. The summed E-state index contributed by atoms with van der Waals surface area (Å²) >= 11 is 0. The number of aromatic nitrogens is 1. The molecule has 0 fully saturated rings. The molecule has 112 valence electrons. The van der Waals surface area contributed by atoms with Crippen LogP contribution in [0, 0.1) is 13.8 Å². The topological polar surface area (TPSA) is 68.3 Å². The molecule has 0 bridgehead atoms. The van der Waals surface area contributed by atoms with Gasteiger partial charge in [-0.15, -0.1) is 0 Å². The maximum atomic E-state index is 11.4. The molecule has 1 N–H and O–H groups in total. The first kappa shape index (κ1) is 15.3. The number of ether oxygens (including phenoxy) is 1. The Morgan fingerprint density at radius 1 is 1.14 bits per heavy atom. The molecule has 0 saturated heterocycles. The summed E-state index contributed by atoms with van der Waals surface area (Å²) < 4.78 is 30.7. The van der Waals surface area contributed by atoms with Gasteiger partial charge in [-0.1, -0.05) is 0 Å². The second-order valence-electron chi connectivity index (χ2n) is 4.93. The molecule has 6 heteroatoms. The fourth-order valence-electron chi connectivity index (χ4n) is 2.12. The van der Waals surface area contributed by atoms with Gasteiger partial charge in [0.25, 0.3) is 0 Å².